The highest BCUT2D eigenvalue weighted by Crippen LogP contribution is 2.10. The Morgan fingerprint density at radius 3 is 2.94 bits per heavy atom. The number of morpholine rings is 1. The second-order valence-corrected chi connectivity index (χ2v) is 3.15. The minimum Gasteiger partial charge on any atom is -0.467 e. The van der Waals surface area contributed by atoms with Crippen molar-refractivity contribution in [2.45, 2.75) is 6.04 Å². The number of hydrogen-bond acceptors (Lipinski definition) is 6. The van der Waals surface area contributed by atoms with Crippen LogP contribution < -0.4 is 0 Å². The van der Waals surface area contributed by atoms with E-state index in [9.17, 15) is 9.59 Å². The predicted molar refractivity (Wildman–Crippen MR) is 51.8 cm³/mol. The average Bonchev–Trinajstić information content (AvgIpc) is 2.35. The van der Waals surface area contributed by atoms with Crippen LogP contribution in [0.4, 0.5) is 4.79 Å². The number of rotatable bonds is 3. The molecule has 1 fully saturated rings. The van der Waals surface area contributed by atoms with Crippen molar-refractivity contribution in [1.82, 2.24) is 4.90 Å². The highest BCUT2D eigenvalue weighted by molar-refractivity contribution is 5.81. The van der Waals surface area contributed by atoms with Crippen LogP contribution in [-0.2, 0) is 19.0 Å². The molecule has 0 aliphatic carbocycles. The fraction of sp³-hybridized carbons (Fsp3) is 0.778. The lowest BCUT2D eigenvalue weighted by Gasteiger charge is -2.32. The molecule has 1 heterocycles. The molecular weight excluding hydrogens is 218 g/mol. The van der Waals surface area contributed by atoms with Gasteiger partial charge in [-0.3, -0.25) is 4.90 Å². The van der Waals surface area contributed by atoms with Crippen molar-refractivity contribution in [1.29, 1.82) is 0 Å². The SMILES string of the molecule is COC(=O)C1COCCN1C(=O)OCCO. The van der Waals surface area contributed by atoms with Crippen LogP contribution in [0.15, 0.2) is 0 Å². The lowest BCUT2D eigenvalue weighted by atomic mass is 10.2. The van der Waals surface area contributed by atoms with Crippen molar-refractivity contribution >= 4 is 12.1 Å². The molecule has 1 aliphatic heterocycles. The van der Waals surface area contributed by atoms with Gasteiger partial charge in [0.1, 0.15) is 6.61 Å². The largest absolute Gasteiger partial charge is 0.467 e. The Morgan fingerprint density at radius 2 is 2.31 bits per heavy atom. The molecule has 1 aliphatic rings. The summed E-state index contributed by atoms with van der Waals surface area (Å²) in [7, 11) is 1.24. The number of nitrogens with zero attached hydrogens (tertiary/aromatic N) is 1. The van der Waals surface area contributed by atoms with Gasteiger partial charge >= 0.3 is 12.1 Å². The van der Waals surface area contributed by atoms with Crippen molar-refractivity contribution in [2.24, 2.45) is 0 Å². The highest BCUT2D eigenvalue weighted by Gasteiger charge is 2.34. The van der Waals surface area contributed by atoms with Crippen molar-refractivity contribution < 1.29 is 28.9 Å². The minimum atomic E-state index is -0.773. The quantitative estimate of drug-likeness (QED) is 0.629. The standard InChI is InChI=1S/C9H15NO6/c1-14-8(12)7-6-15-4-2-10(7)9(13)16-5-3-11/h7,11H,2-6H2,1H3. The van der Waals surface area contributed by atoms with Gasteiger partial charge in [0.15, 0.2) is 6.04 Å². The molecule has 0 bridgehead atoms. The summed E-state index contributed by atoms with van der Waals surface area (Å²) < 4.78 is 14.4. The van der Waals surface area contributed by atoms with Crippen LogP contribution in [0.2, 0.25) is 0 Å². The molecular formula is C9H15NO6. The molecule has 0 aromatic rings. The van der Waals surface area contributed by atoms with Crippen LogP contribution >= 0.6 is 0 Å². The maximum Gasteiger partial charge on any atom is 0.410 e. The fourth-order valence-electron chi connectivity index (χ4n) is 1.37. The number of carbonyl (C=O) groups excluding carboxylic acids is 2. The summed E-state index contributed by atoms with van der Waals surface area (Å²) in [5, 5.41) is 8.52. The van der Waals surface area contributed by atoms with E-state index in [4.69, 9.17) is 14.6 Å². The van der Waals surface area contributed by atoms with Gasteiger partial charge in [-0.25, -0.2) is 9.59 Å². The van der Waals surface area contributed by atoms with E-state index in [2.05, 4.69) is 4.74 Å². The summed E-state index contributed by atoms with van der Waals surface area (Å²) in [4.78, 5) is 24.1. The third kappa shape index (κ3) is 3.07. The van der Waals surface area contributed by atoms with E-state index in [1.54, 1.807) is 0 Å². The summed E-state index contributed by atoms with van der Waals surface area (Å²) in [6.07, 6.45) is -0.646. The molecule has 1 rings (SSSR count). The number of esters is 1. The molecule has 0 spiro atoms. The monoisotopic (exact) mass is 233 g/mol. The third-order valence-electron chi connectivity index (χ3n) is 2.15. The highest BCUT2D eigenvalue weighted by atomic mass is 16.6. The Hall–Kier alpha value is -1.34. The van der Waals surface area contributed by atoms with Crippen LogP contribution in [-0.4, -0.2) is 68.2 Å². The molecule has 1 saturated heterocycles. The number of ether oxygens (including phenoxy) is 3. The van der Waals surface area contributed by atoms with Gasteiger partial charge in [-0.1, -0.05) is 0 Å². The Labute approximate surface area is 92.9 Å². The van der Waals surface area contributed by atoms with Crippen molar-refractivity contribution in [3.8, 4) is 0 Å². The number of aliphatic hydroxyl groups is 1. The molecule has 7 nitrogen and oxygen atoms in total. The fourth-order valence-corrected chi connectivity index (χ4v) is 1.37. The van der Waals surface area contributed by atoms with Gasteiger partial charge in [-0.15, -0.1) is 0 Å². The second-order valence-electron chi connectivity index (χ2n) is 3.15. The Balaban J connectivity index is 2.59. The van der Waals surface area contributed by atoms with Gasteiger partial charge in [-0.05, 0) is 0 Å². The molecule has 1 N–H and O–H groups in total. The Kier molecular flexibility index (Phi) is 5.00. The third-order valence-corrected chi connectivity index (χ3v) is 2.15. The van der Waals surface area contributed by atoms with E-state index in [-0.39, 0.29) is 26.4 Å². The first kappa shape index (κ1) is 12.7. The Bertz CT molecular complexity index is 256. The minimum absolute atomic E-state index is 0.0932. The van der Waals surface area contributed by atoms with E-state index in [0.717, 1.165) is 0 Å². The van der Waals surface area contributed by atoms with Gasteiger partial charge < -0.3 is 19.3 Å². The number of amides is 1. The van der Waals surface area contributed by atoms with E-state index in [1.165, 1.54) is 12.0 Å². The summed E-state index contributed by atoms with van der Waals surface area (Å²) >= 11 is 0. The molecule has 1 atom stereocenters. The van der Waals surface area contributed by atoms with Gasteiger partial charge in [0.25, 0.3) is 0 Å². The van der Waals surface area contributed by atoms with Crippen molar-refractivity contribution in [3.05, 3.63) is 0 Å². The summed E-state index contributed by atoms with van der Waals surface area (Å²) in [6.45, 7) is 0.371. The van der Waals surface area contributed by atoms with E-state index in [0.29, 0.717) is 6.61 Å². The zero-order valence-corrected chi connectivity index (χ0v) is 9.05. The lowest BCUT2D eigenvalue weighted by molar-refractivity contribution is -0.152. The van der Waals surface area contributed by atoms with Gasteiger partial charge in [-0.2, -0.15) is 0 Å². The molecule has 92 valence electrons. The van der Waals surface area contributed by atoms with Crippen LogP contribution in [0.3, 0.4) is 0 Å². The lowest BCUT2D eigenvalue weighted by Crippen LogP contribution is -2.53. The molecule has 0 saturated carbocycles. The van der Waals surface area contributed by atoms with Crippen LogP contribution in [0.5, 0.6) is 0 Å². The molecule has 7 heteroatoms. The molecule has 0 radical (unpaired) electrons. The topological polar surface area (TPSA) is 85.3 Å². The molecule has 1 amide bonds. The summed E-state index contributed by atoms with van der Waals surface area (Å²) in [5.74, 6) is -0.541. The average molecular weight is 233 g/mol. The van der Waals surface area contributed by atoms with Crippen molar-refractivity contribution in [3.63, 3.8) is 0 Å². The molecule has 0 aromatic carbocycles. The first-order valence-electron chi connectivity index (χ1n) is 4.90. The van der Waals surface area contributed by atoms with E-state index >= 15 is 0 Å². The van der Waals surface area contributed by atoms with Gasteiger partial charge in [0.2, 0.25) is 0 Å². The van der Waals surface area contributed by atoms with Gasteiger partial charge in [0, 0.05) is 6.54 Å². The van der Waals surface area contributed by atoms with E-state index in [1.807, 2.05) is 0 Å². The van der Waals surface area contributed by atoms with Crippen LogP contribution in [0.1, 0.15) is 0 Å². The number of methoxy groups -OCH3 is 1. The number of aliphatic hydroxyl groups excluding tert-OH is 1. The Morgan fingerprint density at radius 1 is 1.56 bits per heavy atom. The summed E-state index contributed by atoms with van der Waals surface area (Å²) in [6, 6.07) is -0.773. The molecule has 16 heavy (non-hydrogen) atoms. The van der Waals surface area contributed by atoms with Crippen molar-refractivity contribution in [2.75, 3.05) is 40.1 Å². The normalized spacial score (nSPS) is 20.4. The maximum absolute atomic E-state index is 11.5. The van der Waals surface area contributed by atoms with Crippen LogP contribution in [0, 0.1) is 0 Å². The number of hydrogen-bond donors (Lipinski definition) is 1. The predicted octanol–water partition coefficient (Wildman–Crippen LogP) is -1.01. The maximum atomic E-state index is 11.5. The molecule has 0 aromatic heterocycles. The smallest absolute Gasteiger partial charge is 0.410 e. The first-order chi connectivity index (χ1) is 7.70. The first-order valence-corrected chi connectivity index (χ1v) is 4.90. The van der Waals surface area contributed by atoms with Crippen LogP contribution in [0.25, 0.3) is 0 Å². The second kappa shape index (κ2) is 6.29. The van der Waals surface area contributed by atoms with Gasteiger partial charge in [0.05, 0.1) is 26.9 Å². The number of carbonyl (C=O) groups is 2. The summed E-state index contributed by atoms with van der Waals surface area (Å²) in [5.41, 5.74) is 0. The van der Waals surface area contributed by atoms with E-state index < -0.39 is 18.1 Å². The zero-order valence-electron chi connectivity index (χ0n) is 9.05. The molecule has 1 unspecified atom stereocenters. The zero-order chi connectivity index (χ0) is 12.0.